The maximum Gasteiger partial charge on any atom is 0.337 e. The Hall–Kier alpha value is -2.30. The van der Waals surface area contributed by atoms with Gasteiger partial charge in [-0.05, 0) is 18.2 Å². The lowest BCUT2D eigenvalue weighted by atomic mass is 10.3. The van der Waals surface area contributed by atoms with Crippen LogP contribution >= 0.6 is 0 Å². The van der Waals surface area contributed by atoms with E-state index in [0.717, 1.165) is 6.08 Å². The van der Waals surface area contributed by atoms with Crippen molar-refractivity contribution in [1.82, 2.24) is 10.9 Å². The topological polar surface area (TPSA) is 70.2 Å². The van der Waals surface area contributed by atoms with Gasteiger partial charge in [0.2, 0.25) is 0 Å². The molecule has 0 aliphatic heterocycles. The van der Waals surface area contributed by atoms with E-state index in [0.29, 0.717) is 5.69 Å². The van der Waals surface area contributed by atoms with Crippen LogP contribution in [0.2, 0.25) is 0 Å². The number of amides is 3. The number of anilines is 1. The van der Waals surface area contributed by atoms with E-state index in [-0.39, 0.29) is 0 Å². The molecule has 0 saturated carbocycles. The Kier molecular flexibility index (Phi) is 3.91. The SMILES string of the molecule is C=CC(=O)NNC(=O)Nc1ccccc1. The second-order valence-corrected chi connectivity index (χ2v) is 2.64. The smallest absolute Gasteiger partial charge is 0.307 e. The summed E-state index contributed by atoms with van der Waals surface area (Å²) in [6, 6.07) is 8.36. The lowest BCUT2D eigenvalue weighted by Crippen LogP contribution is -2.43. The third kappa shape index (κ3) is 3.95. The van der Waals surface area contributed by atoms with Crippen molar-refractivity contribution in [2.45, 2.75) is 0 Å². The average Bonchev–Trinajstić information content (AvgIpc) is 2.27. The van der Waals surface area contributed by atoms with E-state index >= 15 is 0 Å². The minimum atomic E-state index is -0.517. The van der Waals surface area contributed by atoms with Gasteiger partial charge in [-0.2, -0.15) is 0 Å². The van der Waals surface area contributed by atoms with E-state index in [2.05, 4.69) is 22.7 Å². The van der Waals surface area contributed by atoms with Gasteiger partial charge in [0.15, 0.2) is 0 Å². The fourth-order valence-corrected chi connectivity index (χ4v) is 0.853. The Morgan fingerprint density at radius 3 is 2.40 bits per heavy atom. The molecule has 5 heteroatoms. The fourth-order valence-electron chi connectivity index (χ4n) is 0.853. The predicted molar refractivity (Wildman–Crippen MR) is 56.9 cm³/mol. The van der Waals surface area contributed by atoms with Gasteiger partial charge in [-0.15, -0.1) is 0 Å². The molecule has 3 N–H and O–H groups in total. The normalized spacial score (nSPS) is 8.80. The minimum absolute atomic E-state index is 0.474. The summed E-state index contributed by atoms with van der Waals surface area (Å²) in [5, 5.41) is 2.52. The van der Waals surface area contributed by atoms with E-state index in [4.69, 9.17) is 0 Å². The molecule has 0 bridgehead atoms. The molecule has 0 heterocycles. The van der Waals surface area contributed by atoms with Crippen LogP contribution in [0, 0.1) is 0 Å². The Labute approximate surface area is 87.1 Å². The monoisotopic (exact) mass is 205 g/mol. The van der Waals surface area contributed by atoms with Crippen LogP contribution in [-0.2, 0) is 4.79 Å². The number of hydrogen-bond donors (Lipinski definition) is 3. The summed E-state index contributed by atoms with van der Waals surface area (Å²) in [6.07, 6.45) is 1.06. The van der Waals surface area contributed by atoms with Crippen molar-refractivity contribution in [1.29, 1.82) is 0 Å². The molecule has 0 unspecified atom stereocenters. The molecule has 0 radical (unpaired) electrons. The van der Waals surface area contributed by atoms with Gasteiger partial charge in [0.1, 0.15) is 0 Å². The zero-order valence-corrected chi connectivity index (χ0v) is 7.99. The summed E-state index contributed by atoms with van der Waals surface area (Å²) in [4.78, 5) is 21.9. The number of hydrazine groups is 1. The molecule has 3 amide bonds. The van der Waals surface area contributed by atoms with Crippen molar-refractivity contribution in [2.24, 2.45) is 0 Å². The largest absolute Gasteiger partial charge is 0.337 e. The zero-order chi connectivity index (χ0) is 11.1. The molecule has 1 rings (SSSR count). The van der Waals surface area contributed by atoms with E-state index in [1.165, 1.54) is 0 Å². The molecule has 15 heavy (non-hydrogen) atoms. The molecular weight excluding hydrogens is 194 g/mol. The third-order valence-corrected chi connectivity index (χ3v) is 1.52. The molecule has 1 aromatic carbocycles. The van der Waals surface area contributed by atoms with E-state index in [1.807, 2.05) is 6.07 Å². The van der Waals surface area contributed by atoms with Crippen LogP contribution in [0.1, 0.15) is 0 Å². The van der Waals surface area contributed by atoms with E-state index in [9.17, 15) is 9.59 Å². The number of carbonyl (C=O) groups excluding carboxylic acids is 2. The fraction of sp³-hybridized carbons (Fsp3) is 0. The number of rotatable bonds is 2. The van der Waals surface area contributed by atoms with Crippen LogP contribution in [0.5, 0.6) is 0 Å². The lowest BCUT2D eigenvalue weighted by molar-refractivity contribution is -0.117. The summed E-state index contributed by atoms with van der Waals surface area (Å²) in [5.41, 5.74) is 4.94. The van der Waals surface area contributed by atoms with Gasteiger partial charge < -0.3 is 5.32 Å². The lowest BCUT2D eigenvalue weighted by Gasteiger charge is -2.06. The third-order valence-electron chi connectivity index (χ3n) is 1.52. The molecule has 78 valence electrons. The van der Waals surface area contributed by atoms with E-state index < -0.39 is 11.9 Å². The first-order valence-electron chi connectivity index (χ1n) is 4.27. The van der Waals surface area contributed by atoms with Gasteiger partial charge >= 0.3 is 6.03 Å². The molecule has 0 aliphatic carbocycles. The van der Waals surface area contributed by atoms with Crippen molar-refractivity contribution in [3.05, 3.63) is 43.0 Å². The number of urea groups is 1. The van der Waals surface area contributed by atoms with Crippen LogP contribution < -0.4 is 16.2 Å². The molecular formula is C10H11N3O2. The van der Waals surface area contributed by atoms with Crippen molar-refractivity contribution < 1.29 is 9.59 Å². The van der Waals surface area contributed by atoms with Gasteiger partial charge in [-0.3, -0.25) is 10.2 Å². The first kappa shape index (κ1) is 10.8. The molecule has 1 aromatic rings. The standard InChI is InChI=1S/C10H11N3O2/c1-2-9(14)12-13-10(15)11-8-6-4-3-5-7-8/h2-7H,1H2,(H,12,14)(H2,11,13,15). The molecule has 0 fully saturated rings. The van der Waals surface area contributed by atoms with Crippen LogP contribution in [0.4, 0.5) is 10.5 Å². The number of hydrogen-bond acceptors (Lipinski definition) is 2. The van der Waals surface area contributed by atoms with Crippen LogP contribution in [0.3, 0.4) is 0 Å². The summed E-state index contributed by atoms with van der Waals surface area (Å²) >= 11 is 0. The highest BCUT2D eigenvalue weighted by Gasteiger charge is 2.00. The quantitative estimate of drug-likeness (QED) is 0.498. The second kappa shape index (κ2) is 5.43. The molecule has 0 spiro atoms. The van der Waals surface area contributed by atoms with E-state index in [1.54, 1.807) is 24.3 Å². The highest BCUT2D eigenvalue weighted by Crippen LogP contribution is 2.03. The maximum atomic E-state index is 11.2. The van der Waals surface area contributed by atoms with Gasteiger partial charge in [-0.1, -0.05) is 24.8 Å². The van der Waals surface area contributed by atoms with Crippen LogP contribution in [0.15, 0.2) is 43.0 Å². The van der Waals surface area contributed by atoms with Crippen molar-refractivity contribution in [2.75, 3.05) is 5.32 Å². The molecule has 0 atom stereocenters. The molecule has 0 saturated heterocycles. The van der Waals surface area contributed by atoms with Gasteiger partial charge in [0, 0.05) is 5.69 Å². The van der Waals surface area contributed by atoms with Gasteiger partial charge in [-0.25, -0.2) is 10.2 Å². The number of para-hydroxylation sites is 1. The summed E-state index contributed by atoms with van der Waals surface area (Å²) in [6.45, 7) is 3.24. The highest BCUT2D eigenvalue weighted by molar-refractivity contribution is 5.93. The summed E-state index contributed by atoms with van der Waals surface area (Å²) < 4.78 is 0. The predicted octanol–water partition coefficient (Wildman–Crippen LogP) is 1.03. The van der Waals surface area contributed by atoms with Crippen molar-refractivity contribution in [3.8, 4) is 0 Å². The maximum absolute atomic E-state index is 11.2. The molecule has 0 aliphatic rings. The minimum Gasteiger partial charge on any atom is -0.307 e. The second-order valence-electron chi connectivity index (χ2n) is 2.64. The highest BCUT2D eigenvalue weighted by atomic mass is 16.2. The first-order chi connectivity index (χ1) is 7.22. The number of carbonyl (C=O) groups is 2. The number of benzene rings is 1. The Morgan fingerprint density at radius 2 is 1.80 bits per heavy atom. The van der Waals surface area contributed by atoms with Gasteiger partial charge in [0.25, 0.3) is 5.91 Å². The Bertz CT molecular complexity index is 362. The summed E-state index contributed by atoms with van der Waals surface area (Å²) in [5.74, 6) is -0.474. The zero-order valence-electron chi connectivity index (χ0n) is 7.99. The van der Waals surface area contributed by atoms with Crippen LogP contribution in [-0.4, -0.2) is 11.9 Å². The average molecular weight is 205 g/mol. The number of nitrogens with one attached hydrogen (secondary N) is 3. The van der Waals surface area contributed by atoms with Crippen LogP contribution in [0.25, 0.3) is 0 Å². The molecule has 5 nitrogen and oxygen atoms in total. The molecule has 0 aromatic heterocycles. The first-order valence-corrected chi connectivity index (χ1v) is 4.27. The Morgan fingerprint density at radius 1 is 1.13 bits per heavy atom. The van der Waals surface area contributed by atoms with Crippen molar-refractivity contribution >= 4 is 17.6 Å². The summed E-state index contributed by atoms with van der Waals surface area (Å²) in [7, 11) is 0. The van der Waals surface area contributed by atoms with Crippen molar-refractivity contribution in [3.63, 3.8) is 0 Å². The Balaban J connectivity index is 2.37. The van der Waals surface area contributed by atoms with Gasteiger partial charge in [0.05, 0.1) is 0 Å².